The molecule has 3 fully saturated rings. The summed E-state index contributed by atoms with van der Waals surface area (Å²) in [6.45, 7) is 0. The molecule has 12 nitrogen and oxygen atoms in total. The average Bonchev–Trinajstić information content (AvgIpc) is 3.58. The number of ether oxygens (including phenoxy) is 1. The second-order valence-corrected chi connectivity index (χ2v) is 16.1. The number of pyridine rings is 2. The first-order valence-electron chi connectivity index (χ1n) is 18.3. The number of aromatic hydroxyl groups is 1. The van der Waals surface area contributed by atoms with Gasteiger partial charge in [-0.15, -0.1) is 0 Å². The van der Waals surface area contributed by atoms with E-state index in [1.54, 1.807) is 12.1 Å². The lowest BCUT2D eigenvalue weighted by Crippen LogP contribution is -2.53. The minimum Gasteiger partial charge on any atom is -0.504 e. The third-order valence-corrected chi connectivity index (χ3v) is 12.6. The van der Waals surface area contributed by atoms with Crippen molar-refractivity contribution in [2.75, 3.05) is 24.6 Å². The summed E-state index contributed by atoms with van der Waals surface area (Å²) in [6.07, 6.45) is -7.91. The van der Waals surface area contributed by atoms with Gasteiger partial charge in [0.2, 0.25) is 0 Å². The number of allylic oxidation sites excluding steroid dienone is 2. The lowest BCUT2D eigenvalue weighted by atomic mass is 9.49. The fraction of sp³-hybridized carbons (Fsp3) is 0.300. The minimum absolute atomic E-state index is 0.0585. The van der Waals surface area contributed by atoms with E-state index in [1.165, 1.54) is 43.5 Å². The lowest BCUT2D eigenvalue weighted by Gasteiger charge is -2.50. The van der Waals surface area contributed by atoms with Gasteiger partial charge in [-0.05, 0) is 72.4 Å². The lowest BCUT2D eigenvalue weighted by molar-refractivity contribution is -0.142. The molecule has 2 aliphatic carbocycles. The van der Waals surface area contributed by atoms with Crippen LogP contribution in [0.3, 0.4) is 0 Å². The summed E-state index contributed by atoms with van der Waals surface area (Å²) >= 11 is 18.8. The van der Waals surface area contributed by atoms with Gasteiger partial charge in [0.1, 0.15) is 5.69 Å². The summed E-state index contributed by atoms with van der Waals surface area (Å²) in [5.41, 5.74) is -0.954. The maximum absolute atomic E-state index is 15.3. The van der Waals surface area contributed by atoms with Crippen LogP contribution in [0.15, 0.2) is 78.5 Å². The van der Waals surface area contributed by atoms with Gasteiger partial charge in [0, 0.05) is 24.2 Å². The summed E-state index contributed by atoms with van der Waals surface area (Å²) in [7, 11) is 2.48. The van der Waals surface area contributed by atoms with Crippen LogP contribution in [0, 0.1) is 23.7 Å². The Hall–Kier alpha value is -5.59. The van der Waals surface area contributed by atoms with Gasteiger partial charge in [-0.1, -0.05) is 64.7 Å². The largest absolute Gasteiger partial charge is 0.504 e. The summed E-state index contributed by atoms with van der Waals surface area (Å²) in [4.78, 5) is 66.5. The molecular weight excluding hydrogens is 881 g/mol. The van der Waals surface area contributed by atoms with E-state index >= 15 is 4.79 Å². The van der Waals surface area contributed by atoms with Gasteiger partial charge in [-0.3, -0.25) is 29.6 Å². The van der Waals surface area contributed by atoms with Crippen molar-refractivity contribution in [1.29, 1.82) is 0 Å². The number of carbonyl (C=O) groups is 4. The highest BCUT2D eigenvalue weighted by Gasteiger charge is 2.70. The number of aromatic nitrogens is 2. The number of benzene rings is 2. The molecule has 4 aromatic rings. The summed E-state index contributed by atoms with van der Waals surface area (Å²) in [6, 6.07) is 12.5. The van der Waals surface area contributed by atoms with E-state index in [0.717, 1.165) is 18.1 Å². The van der Waals surface area contributed by atoms with Crippen LogP contribution in [0.1, 0.15) is 41.1 Å². The topological polar surface area (TPSA) is 145 Å². The van der Waals surface area contributed by atoms with Gasteiger partial charge in [-0.25, -0.2) is 9.97 Å². The van der Waals surface area contributed by atoms with Crippen molar-refractivity contribution >= 4 is 70.1 Å². The van der Waals surface area contributed by atoms with Crippen LogP contribution in [-0.4, -0.2) is 62.9 Å². The van der Waals surface area contributed by atoms with E-state index in [4.69, 9.17) is 39.5 Å². The molecule has 2 aromatic carbocycles. The second kappa shape index (κ2) is 14.8. The van der Waals surface area contributed by atoms with Crippen molar-refractivity contribution in [3.8, 4) is 11.5 Å². The van der Waals surface area contributed by atoms with Crippen molar-refractivity contribution < 1.29 is 55.4 Å². The molecule has 4 aliphatic rings. The van der Waals surface area contributed by atoms with Crippen LogP contribution in [0.25, 0.3) is 0 Å². The number of anilines is 2. The highest BCUT2D eigenvalue weighted by atomic mass is 35.5. The Morgan fingerprint density at radius 3 is 2.21 bits per heavy atom. The molecule has 2 aromatic heterocycles. The van der Waals surface area contributed by atoms with Crippen LogP contribution in [-0.2, 0) is 36.9 Å². The zero-order chi connectivity index (χ0) is 44.1. The molecule has 2 N–H and O–H groups in total. The Bertz CT molecular complexity index is 2560. The number of fused-ring (bicyclic) bond motifs is 4. The number of rotatable bonds is 7. The van der Waals surface area contributed by atoms with Crippen LogP contribution >= 0.6 is 34.8 Å². The van der Waals surface area contributed by atoms with Crippen LogP contribution < -0.4 is 15.2 Å². The molecule has 4 heterocycles. The number of nitrogens with one attached hydrogen (secondary N) is 1. The van der Waals surface area contributed by atoms with Crippen LogP contribution in [0.5, 0.6) is 11.5 Å². The van der Waals surface area contributed by atoms with Gasteiger partial charge in [0.05, 0.1) is 45.9 Å². The predicted octanol–water partition coefficient (Wildman–Crippen LogP) is 8.22. The number of hydrazine groups is 2. The number of hydrogen-bond donors (Lipinski definition) is 2. The number of amides is 4. The molecule has 0 unspecified atom stereocenters. The molecule has 4 amide bonds. The van der Waals surface area contributed by atoms with Crippen molar-refractivity contribution in [3.63, 3.8) is 0 Å². The van der Waals surface area contributed by atoms with Crippen molar-refractivity contribution in [3.05, 3.63) is 116 Å². The standard InChI is InChI=1S/C40H29Cl3F6N6O6/c1-53(33-25(42)10-12-29(51-33)40(47,48)49)55-34(57)22-9-8-21-23(30(22)36(55)59)15-24-35(58)54(52-32-26(43)14-19(16-50-32)39(44,45)46)37(60)38(24,18-4-6-20(41)7-5-18)31(21)17-3-11-28(61-2)27(56)13-17/h3-8,10-14,16,22-24,30-31,56H,9,15H2,1-2H3,(H,50,52)/t22-,23+,24-,30-,31-,38+/m0/s1. The fourth-order valence-corrected chi connectivity index (χ4v) is 9.80. The highest BCUT2D eigenvalue weighted by molar-refractivity contribution is 6.33. The maximum atomic E-state index is 15.3. The normalized spacial score (nSPS) is 25.0. The SMILES string of the molecule is COc1ccc([C@H]2C3=CC[C@@H]4C(=O)N(N(C)c5nc(C(F)(F)F)ccc5Cl)C(=O)[C@@H]4[C@@H]3C[C@H]3C(=O)N(Nc4ncc(C(F)(F)F)cc4Cl)C(=O)[C@@]23c2ccc(Cl)cc2)cc1O. The number of phenolic OH excluding ortho intramolecular Hbond substituents is 1. The van der Waals surface area contributed by atoms with Gasteiger partial charge in [-0.2, -0.15) is 36.4 Å². The van der Waals surface area contributed by atoms with E-state index in [-0.39, 0.29) is 45.5 Å². The molecule has 8 rings (SSSR count). The third-order valence-electron chi connectivity index (χ3n) is 11.8. The Morgan fingerprint density at radius 1 is 0.885 bits per heavy atom. The molecular formula is C40H29Cl3F6N6O6. The van der Waals surface area contributed by atoms with E-state index < -0.39 is 98.9 Å². The molecule has 0 bridgehead atoms. The first-order valence-corrected chi connectivity index (χ1v) is 19.4. The Balaban J connectivity index is 1.28. The van der Waals surface area contributed by atoms with Crippen LogP contribution in [0.4, 0.5) is 38.0 Å². The number of methoxy groups -OCH3 is 1. The molecule has 318 valence electrons. The Labute approximate surface area is 356 Å². The Morgan fingerprint density at radius 2 is 1.59 bits per heavy atom. The number of alkyl halides is 6. The monoisotopic (exact) mass is 908 g/mol. The van der Waals surface area contributed by atoms with Gasteiger partial charge in [0.15, 0.2) is 23.1 Å². The first kappa shape index (κ1) is 42.1. The zero-order valence-corrected chi connectivity index (χ0v) is 33.6. The first-order chi connectivity index (χ1) is 28.7. The number of nitrogens with zero attached hydrogens (tertiary/aromatic N) is 5. The molecule has 21 heteroatoms. The number of phenols is 1. The molecule has 2 aliphatic heterocycles. The summed E-state index contributed by atoms with van der Waals surface area (Å²) < 4.78 is 87.0. The van der Waals surface area contributed by atoms with E-state index in [1.807, 2.05) is 0 Å². The van der Waals surface area contributed by atoms with Crippen molar-refractivity contribution in [2.24, 2.45) is 23.7 Å². The van der Waals surface area contributed by atoms with Gasteiger partial charge >= 0.3 is 12.4 Å². The quantitative estimate of drug-likeness (QED) is 0.106. The zero-order valence-electron chi connectivity index (χ0n) is 31.4. The second-order valence-electron chi connectivity index (χ2n) is 14.9. The number of hydrogen-bond acceptors (Lipinski definition) is 10. The molecule has 61 heavy (non-hydrogen) atoms. The predicted molar refractivity (Wildman–Crippen MR) is 206 cm³/mol. The molecule has 2 saturated heterocycles. The maximum Gasteiger partial charge on any atom is 0.433 e. The third kappa shape index (κ3) is 6.61. The number of halogens is 9. The summed E-state index contributed by atoms with van der Waals surface area (Å²) in [5, 5.41) is 12.6. The molecule has 1 saturated carbocycles. The van der Waals surface area contributed by atoms with Gasteiger partial charge < -0.3 is 9.84 Å². The Kier molecular flexibility index (Phi) is 10.2. The molecule has 6 atom stereocenters. The minimum atomic E-state index is -4.89. The number of carbonyl (C=O) groups excluding carboxylic acids is 4. The van der Waals surface area contributed by atoms with Crippen LogP contribution in [0.2, 0.25) is 15.1 Å². The molecule has 0 radical (unpaired) electrons. The average molecular weight is 910 g/mol. The van der Waals surface area contributed by atoms with Crippen molar-refractivity contribution in [2.45, 2.75) is 36.5 Å². The van der Waals surface area contributed by atoms with Gasteiger partial charge in [0.25, 0.3) is 23.6 Å². The van der Waals surface area contributed by atoms with E-state index in [9.17, 15) is 45.8 Å². The van der Waals surface area contributed by atoms with E-state index in [2.05, 4.69) is 15.4 Å². The van der Waals surface area contributed by atoms with E-state index in [0.29, 0.717) is 33.9 Å². The smallest absolute Gasteiger partial charge is 0.433 e. The van der Waals surface area contributed by atoms with Crippen molar-refractivity contribution in [1.82, 2.24) is 20.0 Å². The number of imide groups is 2. The molecule has 0 spiro atoms. The highest BCUT2D eigenvalue weighted by Crippen LogP contribution is 2.64. The fourth-order valence-electron chi connectivity index (χ4n) is 9.23. The summed E-state index contributed by atoms with van der Waals surface area (Å²) in [5.74, 6) is -10.6.